The number of hydrogen-bond donors (Lipinski definition) is 1. The van der Waals surface area contributed by atoms with Gasteiger partial charge in [0.25, 0.3) is 5.91 Å². The number of halogens is 1. The number of amides is 2. The Balaban J connectivity index is 1.89. The van der Waals surface area contributed by atoms with Gasteiger partial charge >= 0.3 is 0 Å². The molecule has 1 aliphatic heterocycles. The maximum atomic E-state index is 13.1. The first-order valence-electron chi connectivity index (χ1n) is 9.84. The van der Waals surface area contributed by atoms with Crippen LogP contribution < -0.4 is 15.0 Å². The molecular weight excluding hydrogens is 432 g/mol. The van der Waals surface area contributed by atoms with Crippen molar-refractivity contribution in [2.24, 2.45) is 11.3 Å². The zero-order valence-corrected chi connectivity index (χ0v) is 18.9. The lowest BCUT2D eigenvalue weighted by molar-refractivity contribution is -0.127. The van der Waals surface area contributed by atoms with E-state index < -0.39 is 5.41 Å². The minimum atomic E-state index is -0.617. The van der Waals surface area contributed by atoms with Crippen molar-refractivity contribution in [3.8, 4) is 5.75 Å². The van der Waals surface area contributed by atoms with Crippen LogP contribution >= 0.6 is 15.9 Å². The number of carbonyl (C=O) groups is 2. The van der Waals surface area contributed by atoms with E-state index in [4.69, 9.17) is 4.74 Å². The SMILES string of the molecule is CC(C)CCN1C(=O)C(C)(C)COc2cc(NC(=O)c3ccccc3Br)ccc21. The molecule has 0 unspecified atom stereocenters. The Morgan fingerprint density at radius 3 is 2.66 bits per heavy atom. The molecule has 1 heterocycles. The minimum absolute atomic E-state index is 0.0573. The first kappa shape index (κ1) is 21.4. The van der Waals surface area contributed by atoms with Crippen molar-refractivity contribution >= 4 is 39.1 Å². The smallest absolute Gasteiger partial charge is 0.256 e. The van der Waals surface area contributed by atoms with E-state index in [2.05, 4.69) is 35.1 Å². The number of nitrogens with one attached hydrogen (secondary N) is 1. The molecule has 0 radical (unpaired) electrons. The molecule has 0 fully saturated rings. The number of anilines is 2. The third-order valence-electron chi connectivity index (χ3n) is 4.97. The molecule has 0 aliphatic carbocycles. The van der Waals surface area contributed by atoms with Crippen molar-refractivity contribution in [3.63, 3.8) is 0 Å². The van der Waals surface area contributed by atoms with Crippen molar-refractivity contribution in [2.45, 2.75) is 34.1 Å². The van der Waals surface area contributed by atoms with Crippen molar-refractivity contribution in [2.75, 3.05) is 23.4 Å². The second-order valence-electron chi connectivity index (χ2n) is 8.43. The zero-order chi connectivity index (χ0) is 21.2. The summed E-state index contributed by atoms with van der Waals surface area (Å²) in [5.74, 6) is 0.944. The first-order valence-corrected chi connectivity index (χ1v) is 10.6. The summed E-state index contributed by atoms with van der Waals surface area (Å²) in [6.45, 7) is 9.02. The molecular formula is C23H27BrN2O3. The van der Waals surface area contributed by atoms with E-state index in [-0.39, 0.29) is 11.8 Å². The summed E-state index contributed by atoms with van der Waals surface area (Å²) in [7, 11) is 0. The number of rotatable bonds is 5. The van der Waals surface area contributed by atoms with Crippen LogP contribution in [0.25, 0.3) is 0 Å². The highest BCUT2D eigenvalue weighted by atomic mass is 79.9. The zero-order valence-electron chi connectivity index (χ0n) is 17.3. The van der Waals surface area contributed by atoms with Crippen molar-refractivity contribution in [1.29, 1.82) is 0 Å². The molecule has 0 spiro atoms. The van der Waals surface area contributed by atoms with Gasteiger partial charge in [0, 0.05) is 22.8 Å². The van der Waals surface area contributed by atoms with Crippen LogP contribution in [0.2, 0.25) is 0 Å². The lowest BCUT2D eigenvalue weighted by Gasteiger charge is -2.28. The Morgan fingerprint density at radius 1 is 1.24 bits per heavy atom. The number of hydrogen-bond acceptors (Lipinski definition) is 3. The third kappa shape index (κ3) is 4.81. The fourth-order valence-electron chi connectivity index (χ4n) is 3.18. The van der Waals surface area contributed by atoms with Gasteiger partial charge in [0.05, 0.1) is 16.7 Å². The summed E-state index contributed by atoms with van der Waals surface area (Å²) in [6.07, 6.45) is 0.905. The van der Waals surface area contributed by atoms with E-state index in [1.54, 1.807) is 12.1 Å². The van der Waals surface area contributed by atoms with Crippen LogP contribution in [-0.4, -0.2) is 25.0 Å². The maximum absolute atomic E-state index is 13.1. The fraction of sp³-hybridized carbons (Fsp3) is 0.391. The molecule has 0 saturated heterocycles. The monoisotopic (exact) mass is 458 g/mol. The van der Waals surface area contributed by atoms with Gasteiger partial charge in [0.1, 0.15) is 12.4 Å². The minimum Gasteiger partial charge on any atom is -0.490 e. The van der Waals surface area contributed by atoms with Gasteiger partial charge in [-0.05, 0) is 66.4 Å². The highest BCUT2D eigenvalue weighted by Gasteiger charge is 2.37. The van der Waals surface area contributed by atoms with Crippen LogP contribution in [-0.2, 0) is 4.79 Å². The Kier molecular flexibility index (Phi) is 6.32. The van der Waals surface area contributed by atoms with Gasteiger partial charge in [-0.15, -0.1) is 0 Å². The molecule has 6 heteroatoms. The number of nitrogens with zero attached hydrogens (tertiary/aromatic N) is 1. The Morgan fingerprint density at radius 2 is 1.97 bits per heavy atom. The van der Waals surface area contributed by atoms with Gasteiger partial charge in [0.15, 0.2) is 0 Å². The Labute approximate surface area is 180 Å². The highest BCUT2D eigenvalue weighted by molar-refractivity contribution is 9.10. The van der Waals surface area contributed by atoms with Crippen molar-refractivity contribution in [3.05, 3.63) is 52.5 Å². The predicted octanol–water partition coefficient (Wildman–Crippen LogP) is 5.50. The molecule has 2 aromatic rings. The summed E-state index contributed by atoms with van der Waals surface area (Å²) in [6, 6.07) is 12.7. The molecule has 154 valence electrons. The second kappa shape index (κ2) is 8.57. The first-order chi connectivity index (χ1) is 13.7. The van der Waals surface area contributed by atoms with Crippen LogP contribution in [0, 0.1) is 11.3 Å². The van der Waals surface area contributed by atoms with E-state index in [1.165, 1.54) is 0 Å². The summed E-state index contributed by atoms with van der Waals surface area (Å²) in [4.78, 5) is 27.5. The lowest BCUT2D eigenvalue weighted by Crippen LogP contribution is -2.42. The Bertz CT molecular complexity index is 924. The topological polar surface area (TPSA) is 58.6 Å². The van der Waals surface area contributed by atoms with Gasteiger partial charge in [-0.2, -0.15) is 0 Å². The fourth-order valence-corrected chi connectivity index (χ4v) is 3.64. The molecule has 0 aromatic heterocycles. The predicted molar refractivity (Wildman–Crippen MR) is 120 cm³/mol. The molecule has 0 saturated carbocycles. The number of fused-ring (bicyclic) bond motifs is 1. The van der Waals surface area contributed by atoms with Gasteiger partial charge in [-0.25, -0.2) is 0 Å². The molecule has 3 rings (SSSR count). The number of ether oxygens (including phenoxy) is 1. The van der Waals surface area contributed by atoms with Crippen LogP contribution in [0.3, 0.4) is 0 Å². The molecule has 5 nitrogen and oxygen atoms in total. The van der Waals surface area contributed by atoms with Crippen molar-refractivity contribution < 1.29 is 14.3 Å². The van der Waals surface area contributed by atoms with Crippen molar-refractivity contribution in [1.82, 2.24) is 0 Å². The summed E-state index contributed by atoms with van der Waals surface area (Å²) in [5, 5.41) is 2.91. The number of benzene rings is 2. The van der Waals surface area contributed by atoms with E-state index in [1.807, 2.05) is 49.1 Å². The largest absolute Gasteiger partial charge is 0.490 e. The van der Waals surface area contributed by atoms with Crippen LogP contribution in [0.5, 0.6) is 5.75 Å². The normalized spacial score (nSPS) is 15.5. The van der Waals surface area contributed by atoms with E-state index in [0.29, 0.717) is 36.1 Å². The summed E-state index contributed by atoms with van der Waals surface area (Å²) < 4.78 is 6.73. The Hall–Kier alpha value is -2.34. The third-order valence-corrected chi connectivity index (χ3v) is 5.66. The summed E-state index contributed by atoms with van der Waals surface area (Å²) >= 11 is 3.41. The highest BCUT2D eigenvalue weighted by Crippen LogP contribution is 2.38. The van der Waals surface area contributed by atoms with Crippen LogP contribution in [0.1, 0.15) is 44.5 Å². The second-order valence-corrected chi connectivity index (χ2v) is 9.28. The number of carbonyl (C=O) groups excluding carboxylic acids is 2. The molecule has 29 heavy (non-hydrogen) atoms. The summed E-state index contributed by atoms with van der Waals surface area (Å²) in [5.41, 5.74) is 1.31. The van der Waals surface area contributed by atoms with Crippen LogP contribution in [0.4, 0.5) is 11.4 Å². The molecule has 0 atom stereocenters. The average molecular weight is 459 g/mol. The quantitative estimate of drug-likeness (QED) is 0.643. The molecule has 2 amide bonds. The van der Waals surface area contributed by atoms with Gasteiger partial charge in [-0.1, -0.05) is 26.0 Å². The van der Waals surface area contributed by atoms with E-state index in [9.17, 15) is 9.59 Å². The van der Waals surface area contributed by atoms with Crippen LogP contribution in [0.15, 0.2) is 46.9 Å². The molecule has 0 bridgehead atoms. The van der Waals surface area contributed by atoms with Gasteiger partial charge < -0.3 is 15.0 Å². The molecule has 1 aliphatic rings. The standard InChI is InChI=1S/C23H27BrN2O3/c1-15(2)11-12-26-19-10-9-16(13-20(19)29-14-23(3,4)22(26)28)25-21(27)17-7-5-6-8-18(17)24/h5-10,13,15H,11-12,14H2,1-4H3,(H,25,27). The van der Waals surface area contributed by atoms with E-state index >= 15 is 0 Å². The maximum Gasteiger partial charge on any atom is 0.256 e. The van der Waals surface area contributed by atoms with Gasteiger partial charge in [0.2, 0.25) is 5.91 Å². The molecule has 1 N–H and O–H groups in total. The molecule has 2 aromatic carbocycles. The lowest BCUT2D eigenvalue weighted by atomic mass is 9.92. The average Bonchev–Trinajstić information content (AvgIpc) is 2.75. The van der Waals surface area contributed by atoms with Gasteiger partial charge in [-0.3, -0.25) is 9.59 Å². The van der Waals surface area contributed by atoms with E-state index in [0.717, 1.165) is 16.6 Å².